The number of ether oxygens (including phenoxy) is 2. The van der Waals surface area contributed by atoms with Crippen LogP contribution in [-0.4, -0.2) is 53.7 Å². The third-order valence-electron chi connectivity index (χ3n) is 4.56. The predicted octanol–water partition coefficient (Wildman–Crippen LogP) is 2.39. The maximum atomic E-state index is 12.7. The number of hydrogen-bond acceptors (Lipinski definition) is 6. The summed E-state index contributed by atoms with van der Waals surface area (Å²) < 4.78 is 10.7. The number of benzene rings is 1. The molecule has 25 heavy (non-hydrogen) atoms. The Balaban J connectivity index is 1.34. The van der Waals surface area contributed by atoms with Crippen LogP contribution in [0.3, 0.4) is 0 Å². The Morgan fingerprint density at radius 2 is 2.00 bits per heavy atom. The van der Waals surface area contributed by atoms with E-state index in [9.17, 15) is 4.79 Å². The molecule has 1 fully saturated rings. The molecule has 0 N–H and O–H groups in total. The van der Waals surface area contributed by atoms with Gasteiger partial charge in [0.25, 0.3) is 5.91 Å². The van der Waals surface area contributed by atoms with Crippen molar-refractivity contribution in [1.29, 1.82) is 0 Å². The number of carbonyl (C=O) groups excluding carboxylic acids is 1. The Bertz CT molecular complexity index is 769. The molecule has 0 spiro atoms. The molecule has 1 aromatic heterocycles. The molecule has 2 aliphatic heterocycles. The lowest BCUT2D eigenvalue weighted by Crippen LogP contribution is -2.48. The first-order valence-electron chi connectivity index (χ1n) is 8.58. The Morgan fingerprint density at radius 3 is 2.76 bits per heavy atom. The van der Waals surface area contributed by atoms with Gasteiger partial charge in [0.05, 0.1) is 5.01 Å². The number of hydrogen-bond donors (Lipinski definition) is 0. The second-order valence-corrected chi connectivity index (χ2v) is 7.41. The smallest absolute Gasteiger partial charge is 0.254 e. The molecule has 2 aliphatic rings. The van der Waals surface area contributed by atoms with Crippen molar-refractivity contribution < 1.29 is 14.3 Å². The van der Waals surface area contributed by atoms with Gasteiger partial charge in [-0.25, -0.2) is 4.98 Å². The van der Waals surface area contributed by atoms with Crippen LogP contribution in [0.2, 0.25) is 0 Å². The molecule has 7 heteroatoms. The van der Waals surface area contributed by atoms with Crippen LogP contribution < -0.4 is 9.47 Å². The zero-order valence-corrected chi connectivity index (χ0v) is 15.1. The lowest BCUT2D eigenvalue weighted by atomic mass is 10.1. The SMILES string of the molecule is CCc1ncc(CN2CCN(C(=O)c3ccc4c(c3)OCO4)CC2)s1. The van der Waals surface area contributed by atoms with Crippen LogP contribution in [0.1, 0.15) is 27.2 Å². The normalized spacial score (nSPS) is 17.1. The first-order valence-corrected chi connectivity index (χ1v) is 9.39. The van der Waals surface area contributed by atoms with Crippen LogP contribution in [0, 0.1) is 0 Å². The van der Waals surface area contributed by atoms with E-state index in [0.29, 0.717) is 17.1 Å². The highest BCUT2D eigenvalue weighted by molar-refractivity contribution is 7.11. The molecule has 1 amide bonds. The van der Waals surface area contributed by atoms with Gasteiger partial charge in [0.2, 0.25) is 6.79 Å². The molecule has 0 radical (unpaired) electrons. The summed E-state index contributed by atoms with van der Waals surface area (Å²) in [6.45, 7) is 6.53. The Hall–Kier alpha value is -2.12. The average Bonchev–Trinajstić information content (AvgIpc) is 3.30. The van der Waals surface area contributed by atoms with Gasteiger partial charge in [-0.2, -0.15) is 0 Å². The Morgan fingerprint density at radius 1 is 1.20 bits per heavy atom. The third-order valence-corrected chi connectivity index (χ3v) is 5.69. The summed E-state index contributed by atoms with van der Waals surface area (Å²) in [5, 5.41) is 1.19. The number of aromatic nitrogens is 1. The summed E-state index contributed by atoms with van der Waals surface area (Å²) in [6.07, 6.45) is 2.97. The number of piperazine rings is 1. The van der Waals surface area contributed by atoms with Crippen molar-refractivity contribution in [3.63, 3.8) is 0 Å². The monoisotopic (exact) mass is 359 g/mol. The number of amides is 1. The highest BCUT2D eigenvalue weighted by atomic mass is 32.1. The van der Waals surface area contributed by atoms with Gasteiger partial charge in [-0.15, -0.1) is 11.3 Å². The van der Waals surface area contributed by atoms with Gasteiger partial charge in [-0.1, -0.05) is 6.92 Å². The fraction of sp³-hybridized carbons (Fsp3) is 0.444. The number of thiazole rings is 1. The first-order chi connectivity index (χ1) is 12.2. The van der Waals surface area contributed by atoms with E-state index in [-0.39, 0.29) is 12.7 Å². The van der Waals surface area contributed by atoms with Crippen molar-refractivity contribution in [3.8, 4) is 11.5 Å². The van der Waals surface area contributed by atoms with Crippen molar-refractivity contribution in [3.05, 3.63) is 39.8 Å². The van der Waals surface area contributed by atoms with E-state index in [1.165, 1.54) is 9.88 Å². The Kier molecular flexibility index (Phi) is 4.59. The van der Waals surface area contributed by atoms with Crippen molar-refractivity contribution in [2.75, 3.05) is 33.0 Å². The molecular formula is C18H21N3O3S. The summed E-state index contributed by atoms with van der Waals surface area (Å²) in [4.78, 5) is 22.7. The molecule has 0 saturated carbocycles. The first kappa shape index (κ1) is 16.4. The summed E-state index contributed by atoms with van der Waals surface area (Å²) in [6, 6.07) is 5.40. The second-order valence-electron chi connectivity index (χ2n) is 6.21. The highest BCUT2D eigenvalue weighted by Gasteiger charge is 2.24. The van der Waals surface area contributed by atoms with Crippen LogP contribution in [0.5, 0.6) is 11.5 Å². The molecule has 3 heterocycles. The number of aryl methyl sites for hydroxylation is 1. The minimum atomic E-state index is 0.0593. The fourth-order valence-electron chi connectivity index (χ4n) is 3.13. The summed E-state index contributed by atoms with van der Waals surface area (Å²) in [7, 11) is 0. The van der Waals surface area contributed by atoms with Crippen LogP contribution in [-0.2, 0) is 13.0 Å². The maximum absolute atomic E-state index is 12.7. The van der Waals surface area contributed by atoms with Gasteiger partial charge in [0.15, 0.2) is 11.5 Å². The number of carbonyl (C=O) groups is 1. The van der Waals surface area contributed by atoms with E-state index in [1.54, 1.807) is 23.5 Å². The minimum Gasteiger partial charge on any atom is -0.454 e. The van der Waals surface area contributed by atoms with Gasteiger partial charge < -0.3 is 14.4 Å². The molecule has 0 unspecified atom stereocenters. The van der Waals surface area contributed by atoms with E-state index in [2.05, 4.69) is 16.8 Å². The third kappa shape index (κ3) is 3.48. The minimum absolute atomic E-state index is 0.0593. The van der Waals surface area contributed by atoms with E-state index in [1.807, 2.05) is 17.2 Å². The van der Waals surface area contributed by atoms with Crippen LogP contribution >= 0.6 is 11.3 Å². The molecule has 2 aromatic rings. The van der Waals surface area contributed by atoms with Gasteiger partial charge in [-0.05, 0) is 24.6 Å². The van der Waals surface area contributed by atoms with Crippen molar-refractivity contribution in [1.82, 2.24) is 14.8 Å². The topological polar surface area (TPSA) is 54.9 Å². The largest absolute Gasteiger partial charge is 0.454 e. The zero-order chi connectivity index (χ0) is 17.2. The van der Waals surface area contributed by atoms with Crippen LogP contribution in [0.15, 0.2) is 24.4 Å². The van der Waals surface area contributed by atoms with Crippen molar-refractivity contribution in [2.45, 2.75) is 19.9 Å². The highest BCUT2D eigenvalue weighted by Crippen LogP contribution is 2.32. The second kappa shape index (κ2) is 7.01. The summed E-state index contributed by atoms with van der Waals surface area (Å²) in [5.41, 5.74) is 0.660. The van der Waals surface area contributed by atoms with E-state index in [0.717, 1.165) is 39.1 Å². The molecule has 0 atom stereocenters. The van der Waals surface area contributed by atoms with Gasteiger partial charge >= 0.3 is 0 Å². The molecule has 132 valence electrons. The molecule has 0 aliphatic carbocycles. The number of rotatable bonds is 4. The van der Waals surface area contributed by atoms with Gasteiger partial charge in [0.1, 0.15) is 0 Å². The molecule has 6 nitrogen and oxygen atoms in total. The maximum Gasteiger partial charge on any atom is 0.254 e. The number of fused-ring (bicyclic) bond motifs is 1. The van der Waals surface area contributed by atoms with Crippen LogP contribution in [0.4, 0.5) is 0 Å². The molecule has 1 aromatic carbocycles. The lowest BCUT2D eigenvalue weighted by molar-refractivity contribution is 0.0629. The van der Waals surface area contributed by atoms with E-state index < -0.39 is 0 Å². The quantitative estimate of drug-likeness (QED) is 0.839. The zero-order valence-electron chi connectivity index (χ0n) is 14.2. The molecular weight excluding hydrogens is 338 g/mol. The summed E-state index contributed by atoms with van der Waals surface area (Å²) in [5.74, 6) is 1.42. The van der Waals surface area contributed by atoms with Gasteiger partial charge in [-0.3, -0.25) is 9.69 Å². The average molecular weight is 359 g/mol. The molecule has 0 bridgehead atoms. The number of nitrogens with zero attached hydrogens (tertiary/aromatic N) is 3. The lowest BCUT2D eigenvalue weighted by Gasteiger charge is -2.34. The summed E-state index contributed by atoms with van der Waals surface area (Å²) >= 11 is 1.78. The standard InChI is InChI=1S/C18H21N3O3S/c1-2-17-19-10-14(25-17)11-20-5-7-21(8-6-20)18(22)13-3-4-15-16(9-13)24-12-23-15/h3-4,9-10H,2,5-8,11-12H2,1H3. The molecule has 1 saturated heterocycles. The van der Waals surface area contributed by atoms with Crippen LogP contribution in [0.25, 0.3) is 0 Å². The van der Waals surface area contributed by atoms with Crippen molar-refractivity contribution >= 4 is 17.2 Å². The van der Waals surface area contributed by atoms with Gasteiger partial charge in [0, 0.05) is 49.4 Å². The predicted molar refractivity (Wildman–Crippen MR) is 95.2 cm³/mol. The fourth-order valence-corrected chi connectivity index (χ4v) is 4.03. The Labute approximate surface area is 151 Å². The molecule has 4 rings (SSSR count). The van der Waals surface area contributed by atoms with E-state index >= 15 is 0 Å². The van der Waals surface area contributed by atoms with E-state index in [4.69, 9.17) is 9.47 Å². The van der Waals surface area contributed by atoms with Crippen molar-refractivity contribution in [2.24, 2.45) is 0 Å².